The third-order valence-electron chi connectivity index (χ3n) is 4.26. The molecule has 1 aromatic heterocycles. The van der Waals surface area contributed by atoms with E-state index in [0.29, 0.717) is 17.7 Å². The van der Waals surface area contributed by atoms with Crippen LogP contribution in [0.3, 0.4) is 0 Å². The zero-order chi connectivity index (χ0) is 20.8. The summed E-state index contributed by atoms with van der Waals surface area (Å²) < 4.78 is 19.6. The van der Waals surface area contributed by atoms with Crippen LogP contribution < -0.4 is 0 Å². The Kier molecular flexibility index (Phi) is 6.24. The molecule has 2 aromatic carbocycles. The van der Waals surface area contributed by atoms with Gasteiger partial charge < -0.3 is 14.4 Å². The molecule has 1 N–H and O–H groups in total. The minimum atomic E-state index is -1.02. The maximum Gasteiger partial charge on any atom is 0.379 e. The first kappa shape index (κ1) is 20.1. The van der Waals surface area contributed by atoms with Gasteiger partial charge in [-0.15, -0.1) is 0 Å². The average Bonchev–Trinajstić information content (AvgIpc) is 3.14. The Morgan fingerprint density at radius 1 is 1.07 bits per heavy atom. The van der Waals surface area contributed by atoms with Crippen LogP contribution in [0, 0.1) is 5.82 Å². The van der Waals surface area contributed by atoms with Crippen LogP contribution in [-0.4, -0.2) is 28.0 Å². The number of esters is 1. The third kappa shape index (κ3) is 4.99. The van der Waals surface area contributed by atoms with E-state index in [9.17, 15) is 19.1 Å². The van der Waals surface area contributed by atoms with E-state index < -0.39 is 11.8 Å². The van der Waals surface area contributed by atoms with Crippen LogP contribution in [0.15, 0.2) is 73.1 Å². The highest BCUT2D eigenvalue weighted by molar-refractivity contribution is 6.39. The fourth-order valence-electron chi connectivity index (χ4n) is 2.91. The standard InChI is InChI=1S/C23H20FNO4/c1-2-29-23(28)22(27)12-21(26)20-15-25(13-16-8-10-18(24)11-9-16)14-19(20)17-6-4-3-5-7-17/h3-12,14-15,26H,2,13H2,1H3. The summed E-state index contributed by atoms with van der Waals surface area (Å²) in [5, 5.41) is 10.5. The highest BCUT2D eigenvalue weighted by atomic mass is 19.1. The zero-order valence-corrected chi connectivity index (χ0v) is 15.8. The fraction of sp³-hybridized carbons (Fsp3) is 0.130. The second-order valence-electron chi connectivity index (χ2n) is 6.36. The monoisotopic (exact) mass is 393 g/mol. The number of ketones is 1. The van der Waals surface area contributed by atoms with Crippen molar-refractivity contribution in [3.8, 4) is 11.1 Å². The fourth-order valence-corrected chi connectivity index (χ4v) is 2.91. The summed E-state index contributed by atoms with van der Waals surface area (Å²) in [6.45, 7) is 2.11. The molecule has 0 amide bonds. The molecule has 3 rings (SSSR count). The maximum absolute atomic E-state index is 13.1. The first-order valence-electron chi connectivity index (χ1n) is 9.09. The molecule has 0 bridgehead atoms. The van der Waals surface area contributed by atoms with Gasteiger partial charge in [0.2, 0.25) is 0 Å². The van der Waals surface area contributed by atoms with E-state index in [1.807, 2.05) is 41.1 Å². The van der Waals surface area contributed by atoms with E-state index in [0.717, 1.165) is 17.2 Å². The highest BCUT2D eigenvalue weighted by Gasteiger charge is 2.18. The predicted molar refractivity (Wildman–Crippen MR) is 108 cm³/mol. The van der Waals surface area contributed by atoms with Gasteiger partial charge in [-0.05, 0) is 30.2 Å². The largest absolute Gasteiger partial charge is 0.507 e. The highest BCUT2D eigenvalue weighted by Crippen LogP contribution is 2.29. The number of hydrogen-bond donors (Lipinski definition) is 1. The molecule has 0 atom stereocenters. The van der Waals surface area contributed by atoms with Crippen molar-refractivity contribution < 1.29 is 23.8 Å². The number of carbonyl (C=O) groups excluding carboxylic acids is 2. The van der Waals surface area contributed by atoms with E-state index >= 15 is 0 Å². The molecule has 0 unspecified atom stereocenters. The predicted octanol–water partition coefficient (Wildman–Crippen LogP) is 4.37. The van der Waals surface area contributed by atoms with Gasteiger partial charge in [-0.25, -0.2) is 9.18 Å². The molecule has 0 aliphatic carbocycles. The summed E-state index contributed by atoms with van der Waals surface area (Å²) in [5.41, 5.74) is 2.80. The average molecular weight is 393 g/mol. The molecule has 0 aliphatic rings. The minimum Gasteiger partial charge on any atom is -0.507 e. The number of carbonyl (C=O) groups is 2. The lowest BCUT2D eigenvalue weighted by Crippen LogP contribution is -2.15. The topological polar surface area (TPSA) is 68.5 Å². The van der Waals surface area contributed by atoms with Crippen molar-refractivity contribution in [1.82, 2.24) is 4.57 Å². The van der Waals surface area contributed by atoms with Crippen LogP contribution >= 0.6 is 0 Å². The van der Waals surface area contributed by atoms with Gasteiger partial charge >= 0.3 is 5.97 Å². The van der Waals surface area contributed by atoms with Crippen molar-refractivity contribution in [2.45, 2.75) is 13.5 Å². The van der Waals surface area contributed by atoms with E-state index in [4.69, 9.17) is 0 Å². The van der Waals surface area contributed by atoms with Crippen molar-refractivity contribution in [3.05, 3.63) is 90.0 Å². The molecule has 1 heterocycles. The lowest BCUT2D eigenvalue weighted by Gasteiger charge is -2.03. The van der Waals surface area contributed by atoms with Gasteiger partial charge in [0.1, 0.15) is 11.6 Å². The van der Waals surface area contributed by atoms with Crippen LogP contribution in [-0.2, 0) is 20.9 Å². The van der Waals surface area contributed by atoms with E-state index in [1.165, 1.54) is 12.1 Å². The number of nitrogens with zero attached hydrogens (tertiary/aromatic N) is 1. The number of hydrogen-bond acceptors (Lipinski definition) is 4. The normalized spacial score (nSPS) is 11.3. The molecule has 6 heteroatoms. The molecule has 0 fully saturated rings. The molecule has 148 valence electrons. The van der Waals surface area contributed by atoms with Gasteiger partial charge in [-0.3, -0.25) is 4.79 Å². The lowest BCUT2D eigenvalue weighted by molar-refractivity contribution is -0.151. The Bertz CT molecular complexity index is 1040. The SMILES string of the molecule is CCOC(=O)C(=O)C=C(O)c1cn(Cc2ccc(F)cc2)cc1-c1ccccc1. The van der Waals surface area contributed by atoms with Crippen molar-refractivity contribution in [2.24, 2.45) is 0 Å². The summed E-state index contributed by atoms with van der Waals surface area (Å²) in [6, 6.07) is 15.5. The molecule has 0 saturated carbocycles. The van der Waals surface area contributed by atoms with Crippen molar-refractivity contribution in [2.75, 3.05) is 6.61 Å². The van der Waals surface area contributed by atoms with Gasteiger partial charge in [0.15, 0.2) is 0 Å². The zero-order valence-electron chi connectivity index (χ0n) is 15.8. The Morgan fingerprint density at radius 3 is 2.41 bits per heavy atom. The number of aliphatic hydroxyl groups excluding tert-OH is 1. The maximum atomic E-state index is 13.1. The van der Waals surface area contributed by atoms with Gasteiger partial charge in [0.25, 0.3) is 5.78 Å². The molecule has 0 saturated heterocycles. The number of ether oxygens (including phenoxy) is 1. The summed E-state index contributed by atoms with van der Waals surface area (Å²) >= 11 is 0. The number of halogens is 1. The first-order valence-corrected chi connectivity index (χ1v) is 9.09. The second kappa shape index (κ2) is 9.01. The van der Waals surface area contributed by atoms with Crippen molar-refractivity contribution >= 4 is 17.5 Å². The van der Waals surface area contributed by atoms with Crippen LogP contribution in [0.1, 0.15) is 18.1 Å². The number of benzene rings is 2. The Balaban J connectivity index is 1.97. The lowest BCUT2D eigenvalue weighted by atomic mass is 10.0. The Morgan fingerprint density at radius 2 is 1.76 bits per heavy atom. The second-order valence-corrected chi connectivity index (χ2v) is 6.36. The van der Waals surface area contributed by atoms with Gasteiger partial charge in [-0.2, -0.15) is 0 Å². The Labute approximate surface area is 167 Å². The van der Waals surface area contributed by atoms with Crippen LogP contribution in [0.25, 0.3) is 16.9 Å². The molecule has 29 heavy (non-hydrogen) atoms. The van der Waals surface area contributed by atoms with Gasteiger partial charge in [-0.1, -0.05) is 42.5 Å². The molecular formula is C23H20FNO4. The van der Waals surface area contributed by atoms with Crippen LogP contribution in [0.4, 0.5) is 4.39 Å². The molecule has 0 aliphatic heterocycles. The number of aromatic nitrogens is 1. The Hall–Kier alpha value is -3.67. The van der Waals surface area contributed by atoms with E-state index in [1.54, 1.807) is 25.3 Å². The molecule has 3 aromatic rings. The van der Waals surface area contributed by atoms with Crippen molar-refractivity contribution in [1.29, 1.82) is 0 Å². The number of rotatable bonds is 7. The van der Waals surface area contributed by atoms with Crippen molar-refractivity contribution in [3.63, 3.8) is 0 Å². The number of aliphatic hydroxyl groups is 1. The molecule has 5 nitrogen and oxygen atoms in total. The minimum absolute atomic E-state index is 0.0719. The quantitative estimate of drug-likeness (QED) is 0.280. The summed E-state index contributed by atoms with van der Waals surface area (Å²) in [7, 11) is 0. The molecular weight excluding hydrogens is 373 g/mol. The van der Waals surface area contributed by atoms with E-state index in [-0.39, 0.29) is 18.2 Å². The first-order chi connectivity index (χ1) is 14.0. The summed E-state index contributed by atoms with van der Waals surface area (Å²) in [4.78, 5) is 23.5. The van der Waals surface area contributed by atoms with E-state index in [2.05, 4.69) is 4.74 Å². The van der Waals surface area contributed by atoms with Gasteiger partial charge in [0, 0.05) is 36.1 Å². The summed E-state index contributed by atoms with van der Waals surface area (Å²) in [5.74, 6) is -2.61. The molecule has 0 spiro atoms. The smallest absolute Gasteiger partial charge is 0.379 e. The van der Waals surface area contributed by atoms with Crippen LogP contribution in [0.2, 0.25) is 0 Å². The van der Waals surface area contributed by atoms with Gasteiger partial charge in [0.05, 0.1) is 6.61 Å². The molecule has 0 radical (unpaired) electrons. The van der Waals surface area contributed by atoms with Crippen LogP contribution in [0.5, 0.6) is 0 Å². The third-order valence-corrected chi connectivity index (χ3v) is 4.26. The summed E-state index contributed by atoms with van der Waals surface area (Å²) in [6.07, 6.45) is 4.37.